The molecule has 0 fully saturated rings. The van der Waals surface area contributed by atoms with Gasteiger partial charge in [-0.2, -0.15) is 0 Å². The summed E-state index contributed by atoms with van der Waals surface area (Å²) in [4.78, 5) is 15.3. The highest BCUT2D eigenvalue weighted by Crippen LogP contribution is 2.10. The first kappa shape index (κ1) is 9.67. The van der Waals surface area contributed by atoms with E-state index < -0.39 is 0 Å². The molecule has 1 rings (SSSR count). The molecule has 0 bridgehead atoms. The van der Waals surface area contributed by atoms with Crippen LogP contribution >= 0.6 is 0 Å². The Morgan fingerprint density at radius 2 is 2.46 bits per heavy atom. The molecular weight excluding hydrogens is 168 g/mol. The van der Waals surface area contributed by atoms with Crippen LogP contribution in [0.1, 0.15) is 16.8 Å². The van der Waals surface area contributed by atoms with E-state index in [1.54, 1.807) is 19.4 Å². The lowest BCUT2D eigenvalue weighted by Crippen LogP contribution is -2.06. The van der Waals surface area contributed by atoms with Crippen LogP contribution in [-0.2, 0) is 4.74 Å². The SMILES string of the molecule is COCCC(=O)c1cnccc1N. The van der Waals surface area contributed by atoms with Crippen molar-refractivity contribution in [3.8, 4) is 0 Å². The lowest BCUT2D eigenvalue weighted by Gasteiger charge is -2.02. The van der Waals surface area contributed by atoms with Gasteiger partial charge in [0.25, 0.3) is 0 Å². The van der Waals surface area contributed by atoms with Crippen LogP contribution in [0.25, 0.3) is 0 Å². The van der Waals surface area contributed by atoms with Crippen LogP contribution in [0.3, 0.4) is 0 Å². The lowest BCUT2D eigenvalue weighted by atomic mass is 10.1. The molecule has 1 aromatic heterocycles. The molecule has 0 aliphatic carbocycles. The number of aromatic nitrogens is 1. The molecule has 0 unspecified atom stereocenters. The topological polar surface area (TPSA) is 65.2 Å². The minimum atomic E-state index is -0.0348. The number of ether oxygens (including phenoxy) is 1. The van der Waals surface area contributed by atoms with Gasteiger partial charge in [-0.25, -0.2) is 0 Å². The molecule has 0 saturated heterocycles. The summed E-state index contributed by atoms with van der Waals surface area (Å²) in [7, 11) is 1.56. The molecule has 4 nitrogen and oxygen atoms in total. The number of Topliss-reactive ketones (excluding diaryl/α,β-unsaturated/α-hetero) is 1. The molecule has 0 saturated carbocycles. The van der Waals surface area contributed by atoms with Crippen molar-refractivity contribution in [2.75, 3.05) is 19.5 Å². The highest BCUT2D eigenvalue weighted by atomic mass is 16.5. The maximum Gasteiger partial charge on any atom is 0.168 e. The summed E-state index contributed by atoms with van der Waals surface area (Å²) in [5.74, 6) is -0.0348. The molecule has 2 N–H and O–H groups in total. The van der Waals surface area contributed by atoms with Gasteiger partial charge >= 0.3 is 0 Å². The molecule has 0 spiro atoms. The fourth-order valence-corrected chi connectivity index (χ4v) is 0.968. The van der Waals surface area contributed by atoms with Crippen molar-refractivity contribution >= 4 is 11.5 Å². The molecule has 0 aliphatic rings. The number of nitrogens with two attached hydrogens (primary N) is 1. The Balaban J connectivity index is 2.71. The van der Waals surface area contributed by atoms with Crippen molar-refractivity contribution in [1.29, 1.82) is 0 Å². The second-order valence-corrected chi connectivity index (χ2v) is 2.63. The highest BCUT2D eigenvalue weighted by Gasteiger charge is 2.08. The molecule has 0 aromatic carbocycles. The van der Waals surface area contributed by atoms with Crippen molar-refractivity contribution in [2.24, 2.45) is 0 Å². The van der Waals surface area contributed by atoms with Gasteiger partial charge < -0.3 is 10.5 Å². The van der Waals surface area contributed by atoms with E-state index in [0.717, 1.165) is 0 Å². The van der Waals surface area contributed by atoms with Gasteiger partial charge in [0, 0.05) is 31.6 Å². The van der Waals surface area contributed by atoms with E-state index in [0.29, 0.717) is 24.3 Å². The summed E-state index contributed by atoms with van der Waals surface area (Å²) in [5, 5.41) is 0. The van der Waals surface area contributed by atoms with E-state index >= 15 is 0 Å². The first-order valence-electron chi connectivity index (χ1n) is 3.97. The van der Waals surface area contributed by atoms with Crippen molar-refractivity contribution in [2.45, 2.75) is 6.42 Å². The molecule has 0 atom stereocenters. The number of nitrogens with zero attached hydrogens (tertiary/aromatic N) is 1. The maximum atomic E-state index is 11.4. The molecule has 0 amide bonds. The lowest BCUT2D eigenvalue weighted by molar-refractivity contribution is 0.0933. The Labute approximate surface area is 76.7 Å². The van der Waals surface area contributed by atoms with E-state index in [2.05, 4.69) is 4.98 Å². The third kappa shape index (κ3) is 2.52. The fourth-order valence-electron chi connectivity index (χ4n) is 0.968. The second-order valence-electron chi connectivity index (χ2n) is 2.63. The molecule has 1 heterocycles. The number of hydrogen-bond donors (Lipinski definition) is 1. The van der Waals surface area contributed by atoms with Crippen LogP contribution in [-0.4, -0.2) is 24.5 Å². The van der Waals surface area contributed by atoms with Gasteiger partial charge in [0.2, 0.25) is 0 Å². The number of ketones is 1. The Morgan fingerprint density at radius 3 is 3.08 bits per heavy atom. The first-order valence-corrected chi connectivity index (χ1v) is 3.97. The fraction of sp³-hybridized carbons (Fsp3) is 0.333. The predicted octanol–water partition coefficient (Wildman–Crippen LogP) is 0.883. The summed E-state index contributed by atoms with van der Waals surface area (Å²) < 4.78 is 4.79. The summed E-state index contributed by atoms with van der Waals surface area (Å²) >= 11 is 0. The zero-order valence-corrected chi connectivity index (χ0v) is 7.49. The van der Waals surface area contributed by atoms with Crippen molar-refractivity contribution in [3.05, 3.63) is 24.0 Å². The standard InChI is InChI=1S/C9H12N2O2/c1-13-5-3-9(12)7-6-11-4-2-8(7)10/h2,4,6H,3,5H2,1H3,(H2,10,11). The highest BCUT2D eigenvalue weighted by molar-refractivity contribution is 6.00. The molecule has 1 aromatic rings. The number of methoxy groups -OCH3 is 1. The molecule has 0 radical (unpaired) electrons. The van der Waals surface area contributed by atoms with Crippen LogP contribution in [0, 0.1) is 0 Å². The summed E-state index contributed by atoms with van der Waals surface area (Å²) in [6.07, 6.45) is 3.38. The smallest absolute Gasteiger partial charge is 0.168 e. The Bertz CT molecular complexity index is 299. The van der Waals surface area contributed by atoms with Crippen molar-refractivity contribution in [1.82, 2.24) is 4.98 Å². The Hall–Kier alpha value is -1.42. The summed E-state index contributed by atoms with van der Waals surface area (Å²) in [6, 6.07) is 1.61. The number of anilines is 1. The molecule has 13 heavy (non-hydrogen) atoms. The van der Waals surface area contributed by atoms with E-state index in [4.69, 9.17) is 10.5 Å². The number of pyridine rings is 1. The number of hydrogen-bond acceptors (Lipinski definition) is 4. The minimum Gasteiger partial charge on any atom is -0.398 e. The summed E-state index contributed by atoms with van der Waals surface area (Å²) in [6.45, 7) is 0.410. The van der Waals surface area contributed by atoms with E-state index in [-0.39, 0.29) is 5.78 Å². The largest absolute Gasteiger partial charge is 0.398 e. The van der Waals surface area contributed by atoms with Crippen LogP contribution in [0.5, 0.6) is 0 Å². The van der Waals surface area contributed by atoms with Crippen molar-refractivity contribution < 1.29 is 9.53 Å². The van der Waals surface area contributed by atoms with Gasteiger partial charge in [-0.3, -0.25) is 9.78 Å². The molecule has 4 heteroatoms. The Kier molecular flexibility index (Phi) is 3.40. The zero-order valence-electron chi connectivity index (χ0n) is 7.49. The van der Waals surface area contributed by atoms with E-state index in [1.807, 2.05) is 0 Å². The summed E-state index contributed by atoms with van der Waals surface area (Å²) in [5.41, 5.74) is 6.53. The second kappa shape index (κ2) is 4.57. The van der Waals surface area contributed by atoms with Crippen molar-refractivity contribution in [3.63, 3.8) is 0 Å². The maximum absolute atomic E-state index is 11.4. The number of carbonyl (C=O) groups is 1. The molecule has 0 aliphatic heterocycles. The van der Waals surface area contributed by atoms with Gasteiger partial charge in [0.1, 0.15) is 0 Å². The van der Waals surface area contributed by atoms with Crippen LogP contribution in [0.15, 0.2) is 18.5 Å². The number of carbonyl (C=O) groups excluding carboxylic acids is 1. The minimum absolute atomic E-state index is 0.0348. The van der Waals surface area contributed by atoms with Gasteiger partial charge in [0.15, 0.2) is 5.78 Å². The van der Waals surface area contributed by atoms with Crippen LogP contribution in [0.2, 0.25) is 0 Å². The zero-order chi connectivity index (χ0) is 9.68. The van der Waals surface area contributed by atoms with E-state index in [9.17, 15) is 4.79 Å². The Morgan fingerprint density at radius 1 is 1.69 bits per heavy atom. The third-order valence-corrected chi connectivity index (χ3v) is 1.69. The van der Waals surface area contributed by atoms with Gasteiger partial charge in [-0.15, -0.1) is 0 Å². The third-order valence-electron chi connectivity index (χ3n) is 1.69. The molecular formula is C9H12N2O2. The monoisotopic (exact) mass is 180 g/mol. The average molecular weight is 180 g/mol. The molecule has 70 valence electrons. The van der Waals surface area contributed by atoms with Gasteiger partial charge in [-0.05, 0) is 6.07 Å². The normalized spacial score (nSPS) is 9.92. The predicted molar refractivity (Wildman–Crippen MR) is 49.5 cm³/mol. The van der Waals surface area contributed by atoms with Crippen LogP contribution in [0.4, 0.5) is 5.69 Å². The average Bonchev–Trinajstić information content (AvgIpc) is 2.15. The number of rotatable bonds is 4. The first-order chi connectivity index (χ1) is 6.25. The number of nitrogen functional groups attached to an aromatic ring is 1. The van der Waals surface area contributed by atoms with Gasteiger partial charge in [-0.1, -0.05) is 0 Å². The van der Waals surface area contributed by atoms with Gasteiger partial charge in [0.05, 0.1) is 12.2 Å². The quantitative estimate of drug-likeness (QED) is 0.698. The van der Waals surface area contributed by atoms with Crippen LogP contribution < -0.4 is 5.73 Å². The van der Waals surface area contributed by atoms with E-state index in [1.165, 1.54) is 6.20 Å².